The van der Waals surface area contributed by atoms with E-state index in [0.717, 1.165) is 5.56 Å². The van der Waals surface area contributed by atoms with Crippen LogP contribution in [-0.2, 0) is 35.2 Å². The van der Waals surface area contributed by atoms with Gasteiger partial charge in [0, 0.05) is 6.42 Å². The molecule has 0 bridgehead atoms. The highest BCUT2D eigenvalue weighted by Crippen LogP contribution is 2.09. The average molecular weight is 423 g/mol. The second kappa shape index (κ2) is 11.3. The molecule has 1 atom stereocenters. The van der Waals surface area contributed by atoms with Gasteiger partial charge in [-0.1, -0.05) is 42.5 Å². The minimum Gasteiger partial charge on any atom is -0.462 e. The molecule has 158 valence electrons. The van der Waals surface area contributed by atoms with Crippen molar-refractivity contribution < 1.29 is 33.4 Å². The van der Waals surface area contributed by atoms with Gasteiger partial charge in [0.05, 0.1) is 6.61 Å². The lowest BCUT2D eigenvalue weighted by molar-refractivity contribution is -0.148. The Morgan fingerprint density at radius 2 is 1.69 bits per heavy atom. The van der Waals surface area contributed by atoms with Crippen molar-refractivity contribution in [3.05, 3.63) is 35.9 Å². The first kappa shape index (κ1) is 24.2. The minimum absolute atomic E-state index is 0.0466. The van der Waals surface area contributed by atoms with E-state index in [1.807, 2.05) is 6.07 Å². The number of nitrogens with one attached hydrogen (secondary N) is 1. The normalized spacial score (nSPS) is 11.7. The fraction of sp³-hybridized carbons (Fsp3) is 0.450. The van der Waals surface area contributed by atoms with E-state index in [4.69, 9.17) is 21.7 Å². The first-order valence-electron chi connectivity index (χ1n) is 8.97. The molecule has 0 heterocycles. The van der Waals surface area contributed by atoms with E-state index in [9.17, 15) is 19.2 Å². The van der Waals surface area contributed by atoms with E-state index in [1.54, 1.807) is 52.0 Å². The van der Waals surface area contributed by atoms with E-state index < -0.39 is 46.7 Å². The first-order valence-corrected chi connectivity index (χ1v) is 9.38. The molecule has 1 aromatic carbocycles. The number of Topliss-reactive ketones (excluding diaryl/α,β-unsaturated/α-hetero) is 1. The van der Waals surface area contributed by atoms with Crippen molar-refractivity contribution in [3.63, 3.8) is 0 Å². The van der Waals surface area contributed by atoms with Gasteiger partial charge in [0.25, 0.3) is 0 Å². The zero-order valence-electron chi connectivity index (χ0n) is 16.9. The maximum Gasteiger partial charge on any atom is 0.408 e. The maximum atomic E-state index is 12.5. The van der Waals surface area contributed by atoms with Gasteiger partial charge in [-0.3, -0.25) is 4.79 Å². The lowest BCUT2D eigenvalue weighted by atomic mass is 10.1. The van der Waals surface area contributed by atoms with Crippen molar-refractivity contribution in [1.29, 1.82) is 0 Å². The summed E-state index contributed by atoms with van der Waals surface area (Å²) >= 11 is 4.79. The number of thiocarbonyl (C=S) groups is 1. The summed E-state index contributed by atoms with van der Waals surface area (Å²) in [5, 5.41) is 2.30. The third kappa shape index (κ3) is 9.29. The lowest BCUT2D eigenvalue weighted by Gasteiger charge is -2.22. The van der Waals surface area contributed by atoms with Gasteiger partial charge in [0.2, 0.25) is 0 Å². The number of benzene rings is 1. The Kier molecular flexibility index (Phi) is 9.40. The third-order valence-electron chi connectivity index (χ3n) is 3.30. The Bertz CT molecular complexity index is 756. The Balaban J connectivity index is 2.85. The average Bonchev–Trinajstić information content (AvgIpc) is 2.64. The molecule has 0 saturated heterocycles. The standard InChI is InChI=1S/C20H25NO7S/c1-5-26-18(24)16(29)15(22)11-14(21-19(25)28-20(2,3)4)17(23)27-12-13-9-7-6-8-10-13/h6-10,14H,5,11-12H2,1-4H3,(H,21,25)/t14-/m0/s1. The SMILES string of the molecule is CCOC(=O)C(=S)C(=O)C[C@H](NC(=O)OC(C)(C)C)C(=O)OCc1ccccc1. The molecule has 1 amide bonds. The van der Waals surface area contributed by atoms with Gasteiger partial charge in [-0.15, -0.1) is 0 Å². The Morgan fingerprint density at radius 3 is 2.24 bits per heavy atom. The zero-order chi connectivity index (χ0) is 22.0. The molecule has 1 N–H and O–H groups in total. The summed E-state index contributed by atoms with van der Waals surface area (Å²) in [5.74, 6) is -2.64. The Morgan fingerprint density at radius 1 is 1.07 bits per heavy atom. The summed E-state index contributed by atoms with van der Waals surface area (Å²) in [6.45, 7) is 6.51. The third-order valence-corrected chi connectivity index (χ3v) is 3.70. The summed E-state index contributed by atoms with van der Waals surface area (Å²) in [6.07, 6.45) is -1.47. The predicted octanol–water partition coefficient (Wildman–Crippen LogP) is 2.52. The highest BCUT2D eigenvalue weighted by Gasteiger charge is 2.31. The first-order chi connectivity index (χ1) is 13.5. The molecule has 0 aromatic heterocycles. The van der Waals surface area contributed by atoms with E-state index in [2.05, 4.69) is 10.1 Å². The Labute approximate surface area is 174 Å². The number of ketones is 1. The van der Waals surface area contributed by atoms with Crippen LogP contribution in [0.5, 0.6) is 0 Å². The number of hydrogen-bond donors (Lipinski definition) is 1. The Hall–Kier alpha value is -2.81. The number of carbonyl (C=O) groups excluding carboxylic acids is 4. The summed E-state index contributed by atoms with van der Waals surface area (Å²) in [6, 6.07) is 7.50. The molecular weight excluding hydrogens is 398 g/mol. The smallest absolute Gasteiger partial charge is 0.408 e. The van der Waals surface area contributed by atoms with E-state index in [0.29, 0.717) is 0 Å². The number of carbonyl (C=O) groups is 4. The molecule has 0 aliphatic heterocycles. The highest BCUT2D eigenvalue weighted by molar-refractivity contribution is 7.84. The molecule has 0 radical (unpaired) electrons. The summed E-state index contributed by atoms with van der Waals surface area (Å²) < 4.78 is 15.0. The van der Waals surface area contributed by atoms with Gasteiger partial charge in [-0.25, -0.2) is 14.4 Å². The second-order valence-corrected chi connectivity index (χ2v) is 7.38. The number of rotatable bonds is 9. The maximum absolute atomic E-state index is 12.5. The van der Waals surface area contributed by atoms with Gasteiger partial charge in [-0.05, 0) is 33.3 Å². The number of amides is 1. The lowest BCUT2D eigenvalue weighted by Crippen LogP contribution is -2.46. The van der Waals surface area contributed by atoms with E-state index in [1.165, 1.54) is 0 Å². The van der Waals surface area contributed by atoms with Gasteiger partial charge >= 0.3 is 18.0 Å². The van der Waals surface area contributed by atoms with Crippen LogP contribution in [0.15, 0.2) is 30.3 Å². The van der Waals surface area contributed by atoms with Gasteiger partial charge in [0.1, 0.15) is 18.2 Å². The van der Waals surface area contributed by atoms with Crippen molar-refractivity contribution in [2.45, 2.75) is 52.4 Å². The highest BCUT2D eigenvalue weighted by atomic mass is 32.1. The molecular formula is C20H25NO7S. The van der Waals surface area contributed by atoms with Crippen molar-refractivity contribution >= 4 is 40.9 Å². The number of alkyl carbamates (subject to hydrolysis) is 1. The predicted molar refractivity (Wildman–Crippen MR) is 108 cm³/mol. The zero-order valence-corrected chi connectivity index (χ0v) is 17.7. The molecule has 0 saturated carbocycles. The van der Waals surface area contributed by atoms with E-state index in [-0.39, 0.29) is 13.2 Å². The van der Waals surface area contributed by atoms with Crippen LogP contribution in [0.1, 0.15) is 39.7 Å². The molecule has 8 nitrogen and oxygen atoms in total. The van der Waals surface area contributed by atoms with Crippen molar-refractivity contribution in [1.82, 2.24) is 5.32 Å². The fourth-order valence-electron chi connectivity index (χ4n) is 2.06. The van der Waals surface area contributed by atoms with Gasteiger partial charge in [-0.2, -0.15) is 0 Å². The van der Waals surface area contributed by atoms with Crippen LogP contribution in [-0.4, -0.2) is 46.9 Å². The molecule has 0 aliphatic rings. The van der Waals surface area contributed by atoms with Gasteiger partial charge in [0.15, 0.2) is 10.6 Å². The van der Waals surface area contributed by atoms with Crippen LogP contribution >= 0.6 is 12.2 Å². The molecule has 29 heavy (non-hydrogen) atoms. The van der Waals surface area contributed by atoms with Crippen LogP contribution in [0.3, 0.4) is 0 Å². The fourth-order valence-corrected chi connectivity index (χ4v) is 2.20. The van der Waals surface area contributed by atoms with E-state index >= 15 is 0 Å². The second-order valence-electron chi connectivity index (χ2n) is 6.97. The quantitative estimate of drug-likeness (QED) is 0.279. The molecule has 1 aromatic rings. The molecule has 0 aliphatic carbocycles. The van der Waals surface area contributed by atoms with Crippen LogP contribution in [0, 0.1) is 0 Å². The summed E-state index contributed by atoms with van der Waals surface area (Å²) in [4.78, 5) is 47.9. The summed E-state index contributed by atoms with van der Waals surface area (Å²) in [7, 11) is 0. The van der Waals surface area contributed by atoms with Crippen LogP contribution in [0.25, 0.3) is 0 Å². The monoisotopic (exact) mass is 423 g/mol. The van der Waals surface area contributed by atoms with Crippen molar-refractivity contribution in [3.8, 4) is 0 Å². The van der Waals surface area contributed by atoms with Crippen LogP contribution in [0.4, 0.5) is 4.79 Å². The molecule has 0 unspecified atom stereocenters. The number of esters is 2. The van der Waals surface area contributed by atoms with Crippen LogP contribution < -0.4 is 5.32 Å². The van der Waals surface area contributed by atoms with Crippen LogP contribution in [0.2, 0.25) is 0 Å². The minimum atomic E-state index is -1.38. The largest absolute Gasteiger partial charge is 0.462 e. The summed E-state index contributed by atoms with van der Waals surface area (Å²) in [5.41, 5.74) is -0.0856. The number of ether oxygens (including phenoxy) is 3. The molecule has 1 rings (SSSR count). The topological polar surface area (TPSA) is 108 Å². The molecule has 0 fully saturated rings. The van der Waals surface area contributed by atoms with Crippen molar-refractivity contribution in [2.75, 3.05) is 6.61 Å². The molecule has 9 heteroatoms. The van der Waals surface area contributed by atoms with Crippen molar-refractivity contribution in [2.24, 2.45) is 0 Å². The number of hydrogen-bond acceptors (Lipinski definition) is 8. The van der Waals surface area contributed by atoms with Gasteiger partial charge < -0.3 is 19.5 Å². The molecule has 0 spiro atoms.